The quantitative estimate of drug-likeness (QED) is 0.707. The van der Waals surface area contributed by atoms with Gasteiger partial charge in [0, 0.05) is 12.1 Å². The molecule has 0 fully saturated rings. The molecule has 0 aromatic heterocycles. The molecular weight excluding hydrogens is 364 g/mol. The van der Waals surface area contributed by atoms with Crippen LogP contribution in [0.5, 0.6) is 11.5 Å². The van der Waals surface area contributed by atoms with Crippen molar-refractivity contribution in [2.24, 2.45) is 0 Å². The van der Waals surface area contributed by atoms with Crippen LogP contribution in [0.15, 0.2) is 42.5 Å². The van der Waals surface area contributed by atoms with Crippen LogP contribution >= 0.6 is 0 Å². The Balaban J connectivity index is 1.85. The van der Waals surface area contributed by atoms with E-state index in [2.05, 4.69) is 10.6 Å². The molecule has 0 saturated heterocycles. The van der Waals surface area contributed by atoms with Crippen molar-refractivity contribution in [3.05, 3.63) is 59.2 Å². The number of amides is 3. The molecule has 0 aliphatic heterocycles. The average Bonchev–Trinajstić information content (AvgIpc) is 2.71. The van der Waals surface area contributed by atoms with E-state index >= 15 is 0 Å². The smallest absolute Gasteiger partial charge is 0.338 e. The van der Waals surface area contributed by atoms with Crippen molar-refractivity contribution in [1.29, 1.82) is 0 Å². The Kier molecular flexibility index (Phi) is 7.38. The van der Waals surface area contributed by atoms with Gasteiger partial charge in [-0.2, -0.15) is 0 Å². The molecule has 0 radical (unpaired) electrons. The van der Waals surface area contributed by atoms with Gasteiger partial charge in [0.2, 0.25) is 0 Å². The third-order valence-electron chi connectivity index (χ3n) is 3.87. The maximum atomic E-state index is 12.2. The number of ether oxygens (including phenoxy) is 3. The lowest BCUT2D eigenvalue weighted by Gasteiger charge is -2.12. The third kappa shape index (κ3) is 5.73. The van der Waals surface area contributed by atoms with E-state index in [4.69, 9.17) is 14.2 Å². The van der Waals surface area contributed by atoms with Gasteiger partial charge in [0.1, 0.15) is 11.5 Å². The Morgan fingerprint density at radius 3 is 2.14 bits per heavy atom. The minimum absolute atomic E-state index is 0.167. The van der Waals surface area contributed by atoms with Crippen molar-refractivity contribution in [3.8, 4) is 11.5 Å². The summed E-state index contributed by atoms with van der Waals surface area (Å²) in [4.78, 5) is 35.7. The van der Waals surface area contributed by atoms with E-state index in [1.807, 2.05) is 30.3 Å². The number of esters is 1. The zero-order valence-electron chi connectivity index (χ0n) is 15.9. The summed E-state index contributed by atoms with van der Waals surface area (Å²) in [6.45, 7) is 1.45. The summed E-state index contributed by atoms with van der Waals surface area (Å²) < 4.78 is 15.4. The predicted octanol–water partition coefficient (Wildman–Crippen LogP) is 2.20. The highest BCUT2D eigenvalue weighted by atomic mass is 16.5. The van der Waals surface area contributed by atoms with Gasteiger partial charge in [0.25, 0.3) is 5.91 Å². The molecule has 3 amide bonds. The van der Waals surface area contributed by atoms with Crippen LogP contribution < -0.4 is 20.1 Å². The molecule has 0 atom stereocenters. The monoisotopic (exact) mass is 386 g/mol. The van der Waals surface area contributed by atoms with Gasteiger partial charge in [-0.15, -0.1) is 0 Å². The summed E-state index contributed by atoms with van der Waals surface area (Å²) in [7, 11) is 2.94. The highest BCUT2D eigenvalue weighted by Gasteiger charge is 2.16. The van der Waals surface area contributed by atoms with Gasteiger partial charge in [-0.3, -0.25) is 10.1 Å². The van der Waals surface area contributed by atoms with Gasteiger partial charge in [-0.1, -0.05) is 30.3 Å². The van der Waals surface area contributed by atoms with Crippen LogP contribution in [-0.2, 0) is 16.1 Å². The van der Waals surface area contributed by atoms with Gasteiger partial charge in [-0.05, 0) is 24.6 Å². The molecule has 2 aromatic carbocycles. The van der Waals surface area contributed by atoms with Crippen molar-refractivity contribution in [2.75, 3.05) is 20.8 Å². The first-order chi connectivity index (χ1) is 13.4. The van der Waals surface area contributed by atoms with Gasteiger partial charge in [-0.25, -0.2) is 9.59 Å². The van der Waals surface area contributed by atoms with E-state index in [-0.39, 0.29) is 12.1 Å². The molecule has 0 heterocycles. The number of hydrogen-bond acceptors (Lipinski definition) is 6. The first kappa shape index (κ1) is 20.8. The second kappa shape index (κ2) is 9.96. The zero-order valence-corrected chi connectivity index (χ0v) is 15.9. The topological polar surface area (TPSA) is 103 Å². The normalized spacial score (nSPS) is 9.96. The molecule has 0 spiro atoms. The Labute approximate surface area is 162 Å². The molecule has 28 heavy (non-hydrogen) atoms. The second-order valence-electron chi connectivity index (χ2n) is 5.80. The zero-order chi connectivity index (χ0) is 20.5. The summed E-state index contributed by atoms with van der Waals surface area (Å²) >= 11 is 0. The van der Waals surface area contributed by atoms with Crippen molar-refractivity contribution >= 4 is 17.9 Å². The molecule has 0 unspecified atom stereocenters. The van der Waals surface area contributed by atoms with Crippen molar-refractivity contribution < 1.29 is 28.6 Å². The lowest BCUT2D eigenvalue weighted by molar-refractivity contribution is -0.123. The van der Waals surface area contributed by atoms with E-state index in [0.29, 0.717) is 11.5 Å². The SMILES string of the molecule is COc1cc(C(=O)OCC(=O)NC(=O)NCc2ccccc2)cc(OC)c1C. The van der Waals surface area contributed by atoms with Crippen LogP contribution in [0.25, 0.3) is 0 Å². The van der Waals surface area contributed by atoms with E-state index in [9.17, 15) is 14.4 Å². The number of nitrogens with one attached hydrogen (secondary N) is 2. The predicted molar refractivity (Wildman–Crippen MR) is 101 cm³/mol. The van der Waals surface area contributed by atoms with Gasteiger partial charge >= 0.3 is 12.0 Å². The average molecular weight is 386 g/mol. The largest absolute Gasteiger partial charge is 0.496 e. The maximum absolute atomic E-state index is 12.2. The molecule has 8 nitrogen and oxygen atoms in total. The molecule has 2 aromatic rings. The van der Waals surface area contributed by atoms with E-state index in [1.54, 1.807) is 6.92 Å². The number of carbonyl (C=O) groups excluding carboxylic acids is 3. The highest BCUT2D eigenvalue weighted by molar-refractivity contribution is 5.97. The van der Waals surface area contributed by atoms with Crippen molar-refractivity contribution in [1.82, 2.24) is 10.6 Å². The Bertz CT molecular complexity index is 826. The fourth-order valence-electron chi connectivity index (χ4n) is 2.40. The number of benzene rings is 2. The molecule has 148 valence electrons. The third-order valence-corrected chi connectivity index (χ3v) is 3.87. The Morgan fingerprint density at radius 2 is 1.57 bits per heavy atom. The molecular formula is C20H22N2O6. The second-order valence-corrected chi connectivity index (χ2v) is 5.80. The van der Waals surface area contributed by atoms with Crippen LogP contribution in [0.2, 0.25) is 0 Å². The van der Waals surface area contributed by atoms with Crippen LogP contribution in [0.3, 0.4) is 0 Å². The molecule has 2 N–H and O–H groups in total. The lowest BCUT2D eigenvalue weighted by Crippen LogP contribution is -2.41. The number of rotatable bonds is 7. The maximum Gasteiger partial charge on any atom is 0.338 e. The number of hydrogen-bond donors (Lipinski definition) is 2. The molecule has 0 aliphatic rings. The standard InChI is InChI=1S/C20H22N2O6/c1-13-16(26-2)9-15(10-17(13)27-3)19(24)28-12-18(23)22-20(25)21-11-14-7-5-4-6-8-14/h4-10H,11-12H2,1-3H3,(H2,21,22,23,25). The van der Waals surface area contributed by atoms with Gasteiger partial charge in [0.05, 0.1) is 19.8 Å². The summed E-state index contributed by atoms with van der Waals surface area (Å²) in [5, 5.41) is 4.64. The van der Waals surface area contributed by atoms with Crippen molar-refractivity contribution in [2.45, 2.75) is 13.5 Å². The summed E-state index contributed by atoms with van der Waals surface area (Å²) in [5.74, 6) is -0.575. The number of urea groups is 1. The van der Waals surface area contributed by atoms with Gasteiger partial charge in [0.15, 0.2) is 6.61 Å². The summed E-state index contributed by atoms with van der Waals surface area (Å²) in [6.07, 6.45) is 0. The summed E-state index contributed by atoms with van der Waals surface area (Å²) in [5.41, 5.74) is 1.79. The molecule has 0 bridgehead atoms. The lowest BCUT2D eigenvalue weighted by atomic mass is 10.1. The molecule has 0 aliphatic carbocycles. The van der Waals surface area contributed by atoms with Crippen molar-refractivity contribution in [3.63, 3.8) is 0 Å². The Hall–Kier alpha value is -3.55. The fraction of sp³-hybridized carbons (Fsp3) is 0.250. The molecule has 2 rings (SSSR count). The molecule has 0 saturated carbocycles. The van der Waals surface area contributed by atoms with Crippen LogP contribution in [0.4, 0.5) is 4.79 Å². The summed E-state index contributed by atoms with van der Waals surface area (Å²) in [6, 6.07) is 11.5. The van der Waals surface area contributed by atoms with E-state index < -0.39 is 24.5 Å². The van der Waals surface area contributed by atoms with Crippen LogP contribution in [0, 0.1) is 6.92 Å². The van der Waals surface area contributed by atoms with Crippen LogP contribution in [-0.4, -0.2) is 38.7 Å². The van der Waals surface area contributed by atoms with Gasteiger partial charge < -0.3 is 19.5 Å². The Morgan fingerprint density at radius 1 is 0.964 bits per heavy atom. The minimum atomic E-state index is -0.745. The number of imide groups is 1. The minimum Gasteiger partial charge on any atom is -0.496 e. The highest BCUT2D eigenvalue weighted by Crippen LogP contribution is 2.29. The van der Waals surface area contributed by atoms with Crippen LogP contribution in [0.1, 0.15) is 21.5 Å². The molecule has 8 heteroatoms. The van der Waals surface area contributed by atoms with E-state index in [0.717, 1.165) is 11.1 Å². The number of carbonyl (C=O) groups is 3. The first-order valence-electron chi connectivity index (χ1n) is 8.46. The first-order valence-corrected chi connectivity index (χ1v) is 8.46. The van der Waals surface area contributed by atoms with E-state index in [1.165, 1.54) is 26.4 Å². The fourth-order valence-corrected chi connectivity index (χ4v) is 2.40. The number of methoxy groups -OCH3 is 2.